The van der Waals surface area contributed by atoms with Gasteiger partial charge in [0.15, 0.2) is 6.10 Å². The van der Waals surface area contributed by atoms with Crippen LogP contribution in [-0.4, -0.2) is 59.9 Å². The minimum Gasteiger partial charge on any atom is -0.480 e. The predicted octanol–water partition coefficient (Wildman–Crippen LogP) is 10.8. The molecule has 0 heterocycles. The summed E-state index contributed by atoms with van der Waals surface area (Å²) < 4.78 is 32.5. The molecule has 58 heavy (non-hydrogen) atoms. The monoisotopic (exact) mass is 827 g/mol. The summed E-state index contributed by atoms with van der Waals surface area (Å²) in [6.45, 7) is 2.42. The number of allylic oxidation sites excluding steroid dienone is 20. The van der Waals surface area contributed by atoms with Crippen molar-refractivity contribution in [3.8, 4) is 0 Å². The van der Waals surface area contributed by atoms with Crippen LogP contribution in [0.15, 0.2) is 122 Å². The molecule has 0 aliphatic carbocycles. The van der Waals surface area contributed by atoms with E-state index >= 15 is 0 Å². The van der Waals surface area contributed by atoms with Crippen molar-refractivity contribution in [3.05, 3.63) is 122 Å². The van der Waals surface area contributed by atoms with Crippen molar-refractivity contribution in [2.75, 3.05) is 19.8 Å². The second-order valence-corrected chi connectivity index (χ2v) is 14.5. The first-order chi connectivity index (χ1) is 28.1. The molecule has 0 radical (unpaired) electrons. The van der Waals surface area contributed by atoms with Gasteiger partial charge in [-0.2, -0.15) is 0 Å². The summed E-state index contributed by atoms with van der Waals surface area (Å²) >= 11 is 0. The molecule has 12 heteroatoms. The molecule has 0 aromatic rings. The highest BCUT2D eigenvalue weighted by atomic mass is 31.2. The first kappa shape index (κ1) is 53.9. The van der Waals surface area contributed by atoms with E-state index in [0.29, 0.717) is 19.3 Å². The lowest BCUT2D eigenvalue weighted by atomic mass is 10.2. The number of rotatable bonds is 36. The Balaban J connectivity index is 4.63. The molecule has 0 aromatic carbocycles. The Morgan fingerprint density at radius 2 is 0.931 bits per heavy atom. The van der Waals surface area contributed by atoms with Gasteiger partial charge in [-0.05, 0) is 89.9 Å². The molecular formula is C46H70NO10P. The molecule has 0 aromatic heterocycles. The van der Waals surface area contributed by atoms with Crippen molar-refractivity contribution in [2.45, 2.75) is 129 Å². The van der Waals surface area contributed by atoms with Gasteiger partial charge in [-0.25, -0.2) is 4.57 Å². The maximum atomic E-state index is 12.6. The minimum absolute atomic E-state index is 0.0185. The Hall–Kier alpha value is -4.12. The fourth-order valence-corrected chi connectivity index (χ4v) is 5.33. The number of carbonyl (C=O) groups excluding carboxylic acids is 2. The summed E-state index contributed by atoms with van der Waals surface area (Å²) in [5, 5.41) is 8.88. The lowest BCUT2D eigenvalue weighted by Crippen LogP contribution is -2.34. The molecule has 0 rings (SSSR count). The van der Waals surface area contributed by atoms with E-state index in [0.717, 1.165) is 70.6 Å². The Morgan fingerprint density at radius 1 is 0.534 bits per heavy atom. The maximum absolute atomic E-state index is 12.6. The van der Waals surface area contributed by atoms with Crippen LogP contribution in [0, 0.1) is 0 Å². The molecule has 0 saturated heterocycles. The SMILES string of the molecule is CC/C=C\C/C=C\C/C=C\C/C=C\C/C=C\C/C=C\CCC(=O)O[C@H](COC(=O)CCCC/C=C\C/C=C\C/C=C\C/C=C\CC)COP(=O)(O)OC[C@H](N)C(=O)O. The van der Waals surface area contributed by atoms with Crippen molar-refractivity contribution in [2.24, 2.45) is 5.73 Å². The lowest BCUT2D eigenvalue weighted by Gasteiger charge is -2.20. The largest absolute Gasteiger partial charge is 0.480 e. The molecule has 4 N–H and O–H groups in total. The van der Waals surface area contributed by atoms with Crippen LogP contribution < -0.4 is 5.73 Å². The summed E-state index contributed by atoms with van der Waals surface area (Å²) in [5.74, 6) is -2.56. The molecule has 0 aliphatic rings. The summed E-state index contributed by atoms with van der Waals surface area (Å²) in [7, 11) is -4.75. The summed E-state index contributed by atoms with van der Waals surface area (Å²) in [4.78, 5) is 45.9. The van der Waals surface area contributed by atoms with Crippen LogP contribution in [0.1, 0.15) is 117 Å². The number of ether oxygens (including phenoxy) is 2. The molecule has 0 saturated carbocycles. The van der Waals surface area contributed by atoms with Crippen molar-refractivity contribution in [1.82, 2.24) is 0 Å². The van der Waals surface area contributed by atoms with Crippen LogP contribution in [0.4, 0.5) is 0 Å². The second kappa shape index (κ2) is 39.7. The van der Waals surface area contributed by atoms with Gasteiger partial charge in [-0.15, -0.1) is 0 Å². The Kier molecular flexibility index (Phi) is 36.9. The fraction of sp³-hybridized carbons (Fsp3) is 0.500. The molecule has 0 fully saturated rings. The molecular weight excluding hydrogens is 757 g/mol. The second-order valence-electron chi connectivity index (χ2n) is 13.0. The number of unbranched alkanes of at least 4 members (excludes halogenated alkanes) is 2. The molecule has 0 spiro atoms. The summed E-state index contributed by atoms with van der Waals surface area (Å²) in [5.41, 5.74) is 5.32. The molecule has 1 unspecified atom stereocenters. The third kappa shape index (κ3) is 38.7. The predicted molar refractivity (Wildman–Crippen MR) is 235 cm³/mol. The Labute approximate surface area is 348 Å². The third-order valence-corrected chi connectivity index (χ3v) is 8.67. The van der Waals surface area contributed by atoms with E-state index < -0.39 is 57.7 Å². The van der Waals surface area contributed by atoms with Gasteiger partial charge in [-0.1, -0.05) is 135 Å². The number of esters is 2. The van der Waals surface area contributed by atoms with Crippen LogP contribution in [0.3, 0.4) is 0 Å². The zero-order valence-corrected chi connectivity index (χ0v) is 35.7. The van der Waals surface area contributed by atoms with E-state index in [-0.39, 0.29) is 12.8 Å². The van der Waals surface area contributed by atoms with Crippen LogP contribution in [0.5, 0.6) is 0 Å². The summed E-state index contributed by atoms with van der Waals surface area (Å²) in [6.07, 6.45) is 52.9. The fourth-order valence-electron chi connectivity index (χ4n) is 4.55. The highest BCUT2D eigenvalue weighted by Crippen LogP contribution is 2.43. The van der Waals surface area contributed by atoms with Gasteiger partial charge < -0.3 is 25.2 Å². The van der Waals surface area contributed by atoms with Crippen LogP contribution in [0.25, 0.3) is 0 Å². The van der Waals surface area contributed by atoms with E-state index in [1.54, 1.807) is 0 Å². The Bertz CT molecular complexity index is 1440. The standard InChI is InChI=1S/C46H70NO10P/c1-3-5-7-9-11-13-15-17-19-20-21-22-24-26-28-30-32-34-36-38-45(49)57-42(40-55-58(52,53)56-41-43(47)46(50)51)39-54-44(48)37-35-33-31-29-27-25-23-18-16-14-12-10-8-6-4-2/h5-8,11-14,17-19,21-23,26-29,32,34,42-43H,3-4,9-10,15-16,20,24-25,30-31,33,35-41,47H2,1-2H3,(H,50,51)(H,52,53)/b7-5-,8-6-,13-11-,14-12-,19-17-,22-21-,23-18-,28-26-,29-27-,34-32-/t42-,43+/m1/s1. The topological polar surface area (TPSA) is 172 Å². The highest BCUT2D eigenvalue weighted by Gasteiger charge is 2.28. The number of aliphatic carboxylic acids is 1. The highest BCUT2D eigenvalue weighted by molar-refractivity contribution is 7.47. The van der Waals surface area contributed by atoms with E-state index in [4.69, 9.17) is 24.8 Å². The average molecular weight is 828 g/mol. The van der Waals surface area contributed by atoms with Gasteiger partial charge in [0.2, 0.25) is 0 Å². The first-order valence-electron chi connectivity index (χ1n) is 20.6. The van der Waals surface area contributed by atoms with E-state index in [9.17, 15) is 23.8 Å². The Morgan fingerprint density at radius 3 is 1.36 bits per heavy atom. The number of carboxylic acids is 1. The van der Waals surface area contributed by atoms with Gasteiger partial charge in [0.25, 0.3) is 0 Å². The third-order valence-electron chi connectivity index (χ3n) is 7.72. The number of hydrogen-bond donors (Lipinski definition) is 3. The van der Waals surface area contributed by atoms with Crippen LogP contribution in [0.2, 0.25) is 0 Å². The zero-order chi connectivity index (χ0) is 42.8. The van der Waals surface area contributed by atoms with E-state index in [2.05, 4.69) is 122 Å². The lowest BCUT2D eigenvalue weighted by molar-refractivity contribution is -0.161. The van der Waals surface area contributed by atoms with Gasteiger partial charge in [0.1, 0.15) is 12.6 Å². The quantitative estimate of drug-likeness (QED) is 0.0237. The number of phosphoric acid groups is 1. The minimum atomic E-state index is -4.75. The number of hydrogen-bond acceptors (Lipinski definition) is 9. The molecule has 0 amide bonds. The van der Waals surface area contributed by atoms with Gasteiger partial charge in [0, 0.05) is 12.8 Å². The number of carbonyl (C=O) groups is 3. The molecule has 0 bridgehead atoms. The van der Waals surface area contributed by atoms with Gasteiger partial charge in [0.05, 0.1) is 13.2 Å². The van der Waals surface area contributed by atoms with Crippen LogP contribution >= 0.6 is 7.82 Å². The van der Waals surface area contributed by atoms with Gasteiger partial charge >= 0.3 is 25.7 Å². The normalized spacial score (nSPS) is 15.0. The molecule has 3 atom stereocenters. The molecule has 324 valence electrons. The maximum Gasteiger partial charge on any atom is 0.472 e. The van der Waals surface area contributed by atoms with E-state index in [1.165, 1.54) is 0 Å². The molecule has 11 nitrogen and oxygen atoms in total. The zero-order valence-electron chi connectivity index (χ0n) is 34.8. The molecule has 0 aliphatic heterocycles. The summed E-state index contributed by atoms with van der Waals surface area (Å²) in [6, 6.07) is -1.55. The van der Waals surface area contributed by atoms with Crippen molar-refractivity contribution in [3.63, 3.8) is 0 Å². The van der Waals surface area contributed by atoms with Gasteiger partial charge in [-0.3, -0.25) is 23.4 Å². The van der Waals surface area contributed by atoms with Crippen molar-refractivity contribution < 1.29 is 47.5 Å². The van der Waals surface area contributed by atoms with Crippen molar-refractivity contribution in [1.29, 1.82) is 0 Å². The van der Waals surface area contributed by atoms with E-state index in [1.807, 2.05) is 18.2 Å². The number of carboxylic acid groups (broad SMARTS) is 1. The number of nitrogens with two attached hydrogens (primary N) is 1. The van der Waals surface area contributed by atoms with Crippen molar-refractivity contribution >= 4 is 25.7 Å². The van der Waals surface area contributed by atoms with Crippen LogP contribution in [-0.2, 0) is 37.5 Å². The first-order valence-corrected chi connectivity index (χ1v) is 22.1. The average Bonchev–Trinajstić information content (AvgIpc) is 3.20. The smallest absolute Gasteiger partial charge is 0.472 e. The number of phosphoric ester groups is 1.